The van der Waals surface area contributed by atoms with Gasteiger partial charge in [-0.25, -0.2) is 17.9 Å². The number of nitrogens with zero attached hydrogens (tertiary/aromatic N) is 1. The van der Waals surface area contributed by atoms with Gasteiger partial charge in [-0.3, -0.25) is 4.79 Å². The first-order valence-electron chi connectivity index (χ1n) is 9.29. The summed E-state index contributed by atoms with van der Waals surface area (Å²) in [6.45, 7) is 1.16. The summed E-state index contributed by atoms with van der Waals surface area (Å²) in [4.78, 5) is 12.3. The van der Waals surface area contributed by atoms with Crippen LogP contribution in [0.1, 0.15) is 11.1 Å². The fraction of sp³-hybridized carbons (Fsp3) is 0.0909. The minimum absolute atomic E-state index is 0.0253. The number of ether oxygens (including phenoxy) is 2. The summed E-state index contributed by atoms with van der Waals surface area (Å²) in [5.74, 6) is -0.917. The second kappa shape index (κ2) is 9.87. The molecule has 0 aliphatic rings. The number of hydrogen-bond donors (Lipinski definition) is 2. The summed E-state index contributed by atoms with van der Waals surface area (Å²) in [6.07, 6.45) is 0. The smallest absolute Gasteiger partial charge is 0.262 e. The van der Waals surface area contributed by atoms with E-state index in [1.54, 1.807) is 6.92 Å². The SMILES string of the molecule is Cc1cc(S(N)(=O)=O)ccc1NC(=O)COc1ccc(F)cc1Oc1cc(Cl)cc(C#N)c1. The van der Waals surface area contributed by atoms with E-state index in [9.17, 15) is 17.6 Å². The van der Waals surface area contributed by atoms with Gasteiger partial charge in [0.05, 0.1) is 16.5 Å². The van der Waals surface area contributed by atoms with Crippen LogP contribution in [-0.2, 0) is 14.8 Å². The van der Waals surface area contributed by atoms with E-state index >= 15 is 0 Å². The van der Waals surface area contributed by atoms with Gasteiger partial charge in [-0.05, 0) is 61.0 Å². The molecule has 33 heavy (non-hydrogen) atoms. The zero-order chi connectivity index (χ0) is 24.2. The number of hydrogen-bond acceptors (Lipinski definition) is 6. The van der Waals surface area contributed by atoms with E-state index < -0.39 is 28.4 Å². The number of benzene rings is 3. The average Bonchev–Trinajstić information content (AvgIpc) is 2.73. The molecule has 11 heteroatoms. The number of nitriles is 1. The summed E-state index contributed by atoms with van der Waals surface area (Å²) in [7, 11) is -3.87. The first-order valence-corrected chi connectivity index (χ1v) is 11.2. The van der Waals surface area contributed by atoms with Crippen LogP contribution >= 0.6 is 11.6 Å². The van der Waals surface area contributed by atoms with Gasteiger partial charge in [0, 0.05) is 16.8 Å². The Balaban J connectivity index is 1.72. The molecule has 0 bridgehead atoms. The highest BCUT2D eigenvalue weighted by molar-refractivity contribution is 7.89. The van der Waals surface area contributed by atoms with Crippen LogP contribution in [0.3, 0.4) is 0 Å². The van der Waals surface area contributed by atoms with Crippen LogP contribution in [0.2, 0.25) is 5.02 Å². The Kier molecular flexibility index (Phi) is 7.18. The average molecular weight is 490 g/mol. The third kappa shape index (κ3) is 6.43. The molecule has 0 saturated carbocycles. The molecule has 1 amide bonds. The Bertz CT molecular complexity index is 1370. The number of halogens is 2. The number of primary sulfonamides is 1. The predicted molar refractivity (Wildman–Crippen MR) is 119 cm³/mol. The predicted octanol–water partition coefficient (Wildman–Crippen LogP) is 4.12. The number of nitrogens with two attached hydrogens (primary N) is 1. The molecule has 8 nitrogen and oxygen atoms in total. The third-order valence-corrected chi connectivity index (χ3v) is 5.42. The Morgan fingerprint density at radius 1 is 1.15 bits per heavy atom. The standard InChI is InChI=1S/C22H17ClFN3O5S/c1-13-6-18(33(26,29)30)3-4-19(13)27-22(28)12-31-20-5-2-16(24)10-21(20)32-17-8-14(11-25)7-15(23)9-17/h2-10H,12H2,1H3,(H,27,28)(H2,26,29,30). The fourth-order valence-corrected chi connectivity index (χ4v) is 3.60. The zero-order valence-corrected chi connectivity index (χ0v) is 18.7. The van der Waals surface area contributed by atoms with E-state index in [0.717, 1.165) is 12.1 Å². The van der Waals surface area contributed by atoms with E-state index in [4.69, 9.17) is 31.5 Å². The van der Waals surface area contributed by atoms with E-state index in [1.807, 2.05) is 6.07 Å². The highest BCUT2D eigenvalue weighted by Gasteiger charge is 2.14. The number of carbonyl (C=O) groups excluding carboxylic acids is 1. The van der Waals surface area contributed by atoms with Crippen molar-refractivity contribution in [1.82, 2.24) is 0 Å². The number of rotatable bonds is 7. The lowest BCUT2D eigenvalue weighted by Crippen LogP contribution is -2.21. The van der Waals surface area contributed by atoms with Gasteiger partial charge in [0.2, 0.25) is 10.0 Å². The Labute approximate surface area is 194 Å². The summed E-state index contributed by atoms with van der Waals surface area (Å²) in [5, 5.41) is 17.0. The number of nitrogens with one attached hydrogen (secondary N) is 1. The number of carbonyl (C=O) groups is 1. The topological polar surface area (TPSA) is 132 Å². The molecule has 0 aliphatic carbocycles. The van der Waals surface area contributed by atoms with Gasteiger partial charge in [0.1, 0.15) is 11.6 Å². The number of aryl methyl sites for hydroxylation is 1. The first-order chi connectivity index (χ1) is 15.5. The highest BCUT2D eigenvalue weighted by atomic mass is 35.5. The maximum absolute atomic E-state index is 13.8. The van der Waals surface area contributed by atoms with Crippen LogP contribution in [-0.4, -0.2) is 20.9 Å². The van der Waals surface area contributed by atoms with Gasteiger partial charge in [0.25, 0.3) is 5.91 Å². The fourth-order valence-electron chi connectivity index (χ4n) is 2.78. The molecule has 0 aromatic heterocycles. The lowest BCUT2D eigenvalue weighted by atomic mass is 10.2. The minimum Gasteiger partial charge on any atom is -0.480 e. The minimum atomic E-state index is -3.87. The van der Waals surface area contributed by atoms with Crippen molar-refractivity contribution in [3.8, 4) is 23.3 Å². The molecular formula is C22H17ClFN3O5S. The van der Waals surface area contributed by atoms with Crippen LogP contribution in [0, 0.1) is 24.1 Å². The van der Waals surface area contributed by atoms with E-state index in [0.29, 0.717) is 11.3 Å². The molecule has 0 fully saturated rings. The van der Waals surface area contributed by atoms with Crippen LogP contribution in [0.15, 0.2) is 59.5 Å². The molecule has 3 aromatic rings. The Morgan fingerprint density at radius 2 is 1.91 bits per heavy atom. The maximum Gasteiger partial charge on any atom is 0.262 e. The molecule has 3 N–H and O–H groups in total. The maximum atomic E-state index is 13.8. The lowest BCUT2D eigenvalue weighted by Gasteiger charge is -2.14. The summed E-state index contributed by atoms with van der Waals surface area (Å²) < 4.78 is 47.7. The lowest BCUT2D eigenvalue weighted by molar-refractivity contribution is -0.118. The molecule has 0 saturated heterocycles. The van der Waals surface area contributed by atoms with E-state index in [1.165, 1.54) is 42.5 Å². The summed E-state index contributed by atoms with van der Waals surface area (Å²) in [5.41, 5.74) is 1.10. The van der Waals surface area contributed by atoms with Gasteiger partial charge in [0.15, 0.2) is 18.1 Å². The molecule has 0 radical (unpaired) electrons. The molecule has 170 valence electrons. The normalized spacial score (nSPS) is 10.9. The van der Waals surface area contributed by atoms with Crippen LogP contribution < -0.4 is 19.9 Å². The van der Waals surface area contributed by atoms with Gasteiger partial charge in [-0.1, -0.05) is 11.6 Å². The summed E-state index contributed by atoms with van der Waals surface area (Å²) in [6, 6.07) is 13.7. The van der Waals surface area contributed by atoms with Gasteiger partial charge in [-0.15, -0.1) is 0 Å². The van der Waals surface area contributed by atoms with Crippen molar-refractivity contribution in [3.05, 3.63) is 76.6 Å². The Hall–Kier alpha value is -3.65. The number of amides is 1. The van der Waals surface area contributed by atoms with Crippen molar-refractivity contribution in [2.75, 3.05) is 11.9 Å². The van der Waals surface area contributed by atoms with Gasteiger partial charge >= 0.3 is 0 Å². The quantitative estimate of drug-likeness (QED) is 0.513. The Morgan fingerprint density at radius 3 is 2.58 bits per heavy atom. The van der Waals surface area contributed by atoms with Crippen LogP contribution in [0.4, 0.5) is 10.1 Å². The van der Waals surface area contributed by atoms with Gasteiger partial charge < -0.3 is 14.8 Å². The molecule has 3 aromatic carbocycles. The second-order valence-corrected chi connectivity index (χ2v) is 8.84. The van der Waals surface area contributed by atoms with Crippen LogP contribution in [0.25, 0.3) is 0 Å². The monoisotopic (exact) mass is 489 g/mol. The summed E-state index contributed by atoms with van der Waals surface area (Å²) >= 11 is 5.96. The van der Waals surface area contributed by atoms with E-state index in [-0.39, 0.29) is 32.7 Å². The molecule has 0 unspecified atom stereocenters. The van der Waals surface area contributed by atoms with E-state index in [2.05, 4.69) is 5.32 Å². The highest BCUT2D eigenvalue weighted by Crippen LogP contribution is 2.34. The number of anilines is 1. The van der Waals surface area contributed by atoms with Crippen molar-refractivity contribution in [2.24, 2.45) is 5.14 Å². The molecule has 0 aliphatic heterocycles. The van der Waals surface area contributed by atoms with Gasteiger partial charge in [-0.2, -0.15) is 5.26 Å². The molecule has 0 spiro atoms. The molecule has 0 atom stereocenters. The molecule has 3 rings (SSSR count). The second-order valence-electron chi connectivity index (χ2n) is 6.84. The van der Waals surface area contributed by atoms with Crippen molar-refractivity contribution >= 4 is 33.2 Å². The first kappa shape index (κ1) is 24.0. The van der Waals surface area contributed by atoms with Crippen molar-refractivity contribution in [2.45, 2.75) is 11.8 Å². The van der Waals surface area contributed by atoms with Crippen molar-refractivity contribution < 1.29 is 27.1 Å². The largest absolute Gasteiger partial charge is 0.480 e. The molecule has 0 heterocycles. The number of sulfonamides is 1. The third-order valence-electron chi connectivity index (χ3n) is 4.29. The van der Waals surface area contributed by atoms with Crippen molar-refractivity contribution in [1.29, 1.82) is 5.26 Å². The van der Waals surface area contributed by atoms with Crippen LogP contribution in [0.5, 0.6) is 17.2 Å². The van der Waals surface area contributed by atoms with Crippen molar-refractivity contribution in [3.63, 3.8) is 0 Å². The zero-order valence-electron chi connectivity index (χ0n) is 17.1. The molecular weight excluding hydrogens is 473 g/mol.